The number of nitrogens with zero attached hydrogens (tertiary/aromatic N) is 2. The molecule has 31 heavy (non-hydrogen) atoms. The van der Waals surface area contributed by atoms with Gasteiger partial charge < -0.3 is 5.32 Å². The van der Waals surface area contributed by atoms with Crippen LogP contribution < -0.4 is 5.32 Å². The van der Waals surface area contributed by atoms with Crippen LogP contribution in [0.15, 0.2) is 48.5 Å². The maximum absolute atomic E-state index is 12.7. The number of hydrogen-bond acceptors (Lipinski definition) is 3. The van der Waals surface area contributed by atoms with Gasteiger partial charge in [0.05, 0.1) is 6.54 Å². The highest BCUT2D eigenvalue weighted by atomic mass is 16.1. The molecule has 0 saturated carbocycles. The third kappa shape index (κ3) is 5.76. The first-order valence-electron chi connectivity index (χ1n) is 11.6. The van der Waals surface area contributed by atoms with Crippen LogP contribution in [0.5, 0.6) is 0 Å². The molecular formula is C27H33N3O. The second-order valence-electron chi connectivity index (χ2n) is 8.81. The Balaban J connectivity index is 1.35. The number of rotatable bonds is 7. The zero-order valence-electron chi connectivity index (χ0n) is 18.4. The van der Waals surface area contributed by atoms with Gasteiger partial charge in [0.1, 0.15) is 0 Å². The van der Waals surface area contributed by atoms with E-state index in [1.807, 2.05) is 6.07 Å². The van der Waals surface area contributed by atoms with E-state index in [1.165, 1.54) is 42.6 Å². The van der Waals surface area contributed by atoms with Crippen LogP contribution in [0.25, 0.3) is 11.1 Å². The Kier molecular flexibility index (Phi) is 7.40. The highest BCUT2D eigenvalue weighted by Crippen LogP contribution is 2.25. The molecule has 1 amide bonds. The SMILES string of the molecule is C#CCN1CCC(C(=O)NCc2ccccc2-c2ccc(CN3CCCC3)cc2)CC1. The van der Waals surface area contributed by atoms with Crippen molar-refractivity contribution in [1.29, 1.82) is 0 Å². The highest BCUT2D eigenvalue weighted by Gasteiger charge is 2.24. The Bertz CT molecular complexity index is 901. The van der Waals surface area contributed by atoms with E-state index in [9.17, 15) is 4.79 Å². The summed E-state index contributed by atoms with van der Waals surface area (Å²) >= 11 is 0. The fraction of sp³-hybridized carbons (Fsp3) is 0.444. The Morgan fingerprint density at radius 2 is 1.68 bits per heavy atom. The van der Waals surface area contributed by atoms with Gasteiger partial charge in [-0.15, -0.1) is 6.42 Å². The summed E-state index contributed by atoms with van der Waals surface area (Å²) in [5, 5.41) is 3.18. The van der Waals surface area contributed by atoms with Gasteiger partial charge in [-0.05, 0) is 74.1 Å². The summed E-state index contributed by atoms with van der Waals surface area (Å²) in [4.78, 5) is 17.5. The van der Waals surface area contributed by atoms with Crippen LogP contribution in [0.4, 0.5) is 0 Å². The Hall–Kier alpha value is -2.61. The lowest BCUT2D eigenvalue weighted by molar-refractivity contribution is -0.126. The van der Waals surface area contributed by atoms with Crippen molar-refractivity contribution in [3.05, 3.63) is 59.7 Å². The molecule has 2 aliphatic rings. The zero-order valence-corrected chi connectivity index (χ0v) is 18.4. The fourth-order valence-corrected chi connectivity index (χ4v) is 4.75. The monoisotopic (exact) mass is 415 g/mol. The van der Waals surface area contributed by atoms with Crippen LogP contribution in [-0.2, 0) is 17.9 Å². The van der Waals surface area contributed by atoms with Crippen molar-refractivity contribution in [2.75, 3.05) is 32.7 Å². The number of hydrogen-bond donors (Lipinski definition) is 1. The number of piperidine rings is 1. The molecule has 4 heteroatoms. The van der Waals surface area contributed by atoms with Crippen molar-refractivity contribution >= 4 is 5.91 Å². The topological polar surface area (TPSA) is 35.6 Å². The summed E-state index contributed by atoms with van der Waals surface area (Å²) in [5.41, 5.74) is 4.93. The molecule has 0 radical (unpaired) electrons. The van der Waals surface area contributed by atoms with Gasteiger partial charge in [-0.25, -0.2) is 0 Å². The highest BCUT2D eigenvalue weighted by molar-refractivity contribution is 5.79. The van der Waals surface area contributed by atoms with E-state index < -0.39 is 0 Å². The van der Waals surface area contributed by atoms with Gasteiger partial charge in [0.25, 0.3) is 0 Å². The van der Waals surface area contributed by atoms with E-state index >= 15 is 0 Å². The molecule has 2 aromatic rings. The number of carbonyl (C=O) groups is 1. The third-order valence-corrected chi connectivity index (χ3v) is 6.61. The number of terminal acetylenes is 1. The number of carbonyl (C=O) groups excluding carboxylic acids is 1. The smallest absolute Gasteiger partial charge is 0.223 e. The van der Waals surface area contributed by atoms with Gasteiger partial charge in [-0.1, -0.05) is 54.5 Å². The predicted molar refractivity (Wildman–Crippen MR) is 126 cm³/mol. The molecular weight excluding hydrogens is 382 g/mol. The lowest BCUT2D eigenvalue weighted by Gasteiger charge is -2.29. The minimum absolute atomic E-state index is 0.0889. The molecule has 1 N–H and O–H groups in total. The average molecular weight is 416 g/mol. The second-order valence-corrected chi connectivity index (χ2v) is 8.81. The summed E-state index contributed by atoms with van der Waals surface area (Å²) in [7, 11) is 0. The molecule has 4 nitrogen and oxygen atoms in total. The number of nitrogens with one attached hydrogen (secondary N) is 1. The van der Waals surface area contributed by atoms with Crippen molar-refractivity contribution < 1.29 is 4.79 Å². The van der Waals surface area contributed by atoms with Gasteiger partial charge in [0.2, 0.25) is 5.91 Å². The van der Waals surface area contributed by atoms with Crippen LogP contribution in [-0.4, -0.2) is 48.4 Å². The lowest BCUT2D eigenvalue weighted by Crippen LogP contribution is -2.40. The van der Waals surface area contributed by atoms with Crippen LogP contribution in [0, 0.1) is 18.3 Å². The van der Waals surface area contributed by atoms with Crippen LogP contribution in [0.3, 0.4) is 0 Å². The summed E-state index contributed by atoms with van der Waals surface area (Å²) in [6.45, 7) is 6.53. The first-order valence-corrected chi connectivity index (χ1v) is 11.6. The maximum Gasteiger partial charge on any atom is 0.223 e. The molecule has 0 aliphatic carbocycles. The van der Waals surface area contributed by atoms with Crippen LogP contribution >= 0.6 is 0 Å². The zero-order chi connectivity index (χ0) is 21.5. The van der Waals surface area contributed by atoms with Crippen LogP contribution in [0.2, 0.25) is 0 Å². The average Bonchev–Trinajstić information content (AvgIpc) is 3.32. The summed E-state index contributed by atoms with van der Waals surface area (Å²) < 4.78 is 0. The molecule has 0 unspecified atom stereocenters. The minimum atomic E-state index is 0.0889. The third-order valence-electron chi connectivity index (χ3n) is 6.61. The minimum Gasteiger partial charge on any atom is -0.352 e. The Morgan fingerprint density at radius 1 is 0.968 bits per heavy atom. The van der Waals surface area contributed by atoms with Gasteiger partial charge in [0.15, 0.2) is 0 Å². The molecule has 0 atom stereocenters. The normalized spacial score (nSPS) is 18.0. The fourth-order valence-electron chi connectivity index (χ4n) is 4.75. The van der Waals surface area contributed by atoms with E-state index in [0.29, 0.717) is 13.1 Å². The lowest BCUT2D eigenvalue weighted by atomic mass is 9.95. The van der Waals surface area contributed by atoms with E-state index in [-0.39, 0.29) is 11.8 Å². The van der Waals surface area contributed by atoms with Gasteiger partial charge in [0, 0.05) is 19.0 Å². The van der Waals surface area contributed by atoms with Gasteiger partial charge in [-0.3, -0.25) is 14.6 Å². The number of benzene rings is 2. The molecule has 0 spiro atoms. The predicted octanol–water partition coefficient (Wildman–Crippen LogP) is 3.91. The first kappa shape index (κ1) is 21.6. The van der Waals surface area contributed by atoms with Gasteiger partial charge in [-0.2, -0.15) is 0 Å². The standard InChI is InChI=1S/C27H33N3O/c1-2-15-29-18-13-24(14-19-29)27(31)28-20-25-7-3-4-8-26(25)23-11-9-22(10-12-23)21-30-16-5-6-17-30/h1,3-4,7-12,24H,5-6,13-21H2,(H,28,31). The largest absolute Gasteiger partial charge is 0.352 e. The van der Waals surface area contributed by atoms with Crippen molar-refractivity contribution in [1.82, 2.24) is 15.1 Å². The molecule has 2 saturated heterocycles. The second kappa shape index (κ2) is 10.6. The molecule has 2 aliphatic heterocycles. The quantitative estimate of drug-likeness (QED) is 0.697. The van der Waals surface area contributed by atoms with E-state index in [2.05, 4.69) is 63.5 Å². The molecule has 2 fully saturated rings. The maximum atomic E-state index is 12.7. The molecule has 4 rings (SSSR count). The molecule has 2 heterocycles. The molecule has 162 valence electrons. The molecule has 2 aromatic carbocycles. The first-order chi connectivity index (χ1) is 15.2. The van der Waals surface area contributed by atoms with Crippen molar-refractivity contribution in [2.45, 2.75) is 38.8 Å². The van der Waals surface area contributed by atoms with E-state index in [0.717, 1.165) is 38.0 Å². The number of likely N-dealkylation sites (tertiary alicyclic amines) is 2. The van der Waals surface area contributed by atoms with Crippen molar-refractivity contribution in [3.63, 3.8) is 0 Å². The van der Waals surface area contributed by atoms with Crippen LogP contribution in [0.1, 0.15) is 36.8 Å². The van der Waals surface area contributed by atoms with Crippen molar-refractivity contribution in [3.8, 4) is 23.5 Å². The van der Waals surface area contributed by atoms with E-state index in [4.69, 9.17) is 6.42 Å². The Morgan fingerprint density at radius 3 is 2.39 bits per heavy atom. The summed E-state index contributed by atoms with van der Waals surface area (Å²) in [5.74, 6) is 2.95. The number of amides is 1. The van der Waals surface area contributed by atoms with Crippen molar-refractivity contribution in [2.24, 2.45) is 5.92 Å². The molecule has 0 bridgehead atoms. The summed E-state index contributed by atoms with van der Waals surface area (Å²) in [6.07, 6.45) is 9.81. The summed E-state index contributed by atoms with van der Waals surface area (Å²) in [6, 6.07) is 17.3. The molecule has 0 aromatic heterocycles. The van der Waals surface area contributed by atoms with Gasteiger partial charge >= 0.3 is 0 Å². The Labute approximate surface area is 186 Å². The van der Waals surface area contributed by atoms with E-state index in [1.54, 1.807) is 0 Å².